The molecule has 0 fully saturated rings. The monoisotopic (exact) mass is 345 g/mol. The molecule has 0 aliphatic rings. The average Bonchev–Trinajstić information content (AvgIpc) is 2.57. The molecule has 0 aromatic heterocycles. The van der Waals surface area contributed by atoms with E-state index in [9.17, 15) is 0 Å². The van der Waals surface area contributed by atoms with Gasteiger partial charge in [-0.25, -0.2) is 0 Å². The maximum absolute atomic E-state index is 8.58. The second kappa shape index (κ2) is 12.6. The molecule has 2 aromatic rings. The Balaban J connectivity index is 0.000000891. The molecule has 2 rings (SSSR count). The van der Waals surface area contributed by atoms with Crippen molar-refractivity contribution in [3.8, 4) is 0 Å². The Bertz CT molecular complexity index is 559. The molecular weight excluding hydrogens is 318 g/mol. The van der Waals surface area contributed by atoms with Crippen molar-refractivity contribution in [2.45, 2.75) is 24.3 Å². The highest BCUT2D eigenvalue weighted by Gasteiger charge is 1.98. The van der Waals surface area contributed by atoms with Crippen LogP contribution in [0, 0.1) is 0 Å². The number of hydrogen-bond donors (Lipinski definition) is 2. The molecule has 5 heteroatoms. The van der Waals surface area contributed by atoms with Crippen LogP contribution in [0.5, 0.6) is 0 Å². The van der Waals surface area contributed by atoms with Crippen LogP contribution >= 0.6 is 11.9 Å². The van der Waals surface area contributed by atoms with Crippen LogP contribution in [-0.4, -0.2) is 31.4 Å². The minimum Gasteiger partial charge on any atom is -0.372 e. The Labute approximate surface area is 149 Å². The van der Waals surface area contributed by atoms with Gasteiger partial charge in [0.2, 0.25) is 6.41 Å². The van der Waals surface area contributed by atoms with Gasteiger partial charge in [-0.05, 0) is 68.7 Å². The van der Waals surface area contributed by atoms with Crippen LogP contribution in [0.25, 0.3) is 0 Å². The normalized spacial score (nSPS) is 10.1. The van der Waals surface area contributed by atoms with Crippen LogP contribution in [0.15, 0.2) is 59.5 Å². The van der Waals surface area contributed by atoms with E-state index >= 15 is 0 Å². The third-order valence-corrected chi connectivity index (χ3v) is 4.05. The van der Waals surface area contributed by atoms with Crippen molar-refractivity contribution >= 4 is 18.4 Å². The van der Waals surface area contributed by atoms with Gasteiger partial charge in [-0.2, -0.15) is 0 Å². The number of carbonyl (C=O) groups excluding carboxylic acids is 1. The number of carbonyl (C=O) groups is 1. The zero-order valence-electron chi connectivity index (χ0n) is 14.4. The smallest absolute Gasteiger partial charge is 0.204 e. The van der Waals surface area contributed by atoms with Gasteiger partial charge < -0.3 is 11.1 Å². The van der Waals surface area contributed by atoms with Gasteiger partial charge in [0.15, 0.2) is 0 Å². The molecule has 4 nitrogen and oxygen atoms in total. The molecule has 24 heavy (non-hydrogen) atoms. The summed E-state index contributed by atoms with van der Waals surface area (Å²) in [6, 6.07) is 19.4. The lowest BCUT2D eigenvalue weighted by Gasteiger charge is -2.09. The lowest BCUT2D eigenvalue weighted by Crippen LogP contribution is -2.15. The molecular formula is C19H27N3OS. The molecule has 0 aliphatic heterocycles. The highest BCUT2D eigenvalue weighted by molar-refractivity contribution is 7.97. The van der Waals surface area contributed by atoms with E-state index in [1.165, 1.54) is 22.4 Å². The number of benzene rings is 2. The molecule has 0 saturated carbocycles. The molecule has 2 aromatic carbocycles. The predicted molar refractivity (Wildman–Crippen MR) is 103 cm³/mol. The highest BCUT2D eigenvalue weighted by atomic mass is 32.2. The largest absolute Gasteiger partial charge is 0.372 e. The van der Waals surface area contributed by atoms with Crippen LogP contribution in [0.3, 0.4) is 0 Å². The Morgan fingerprint density at radius 1 is 1.04 bits per heavy atom. The van der Waals surface area contributed by atoms with Crippen molar-refractivity contribution < 1.29 is 4.79 Å². The third-order valence-electron chi connectivity index (χ3n) is 3.20. The molecule has 0 spiro atoms. The number of primary amides is 1. The van der Waals surface area contributed by atoms with Crippen molar-refractivity contribution in [2.75, 3.05) is 20.6 Å². The molecule has 3 N–H and O–H groups in total. The topological polar surface area (TPSA) is 58.4 Å². The fourth-order valence-electron chi connectivity index (χ4n) is 2.17. The van der Waals surface area contributed by atoms with Crippen molar-refractivity contribution in [1.29, 1.82) is 0 Å². The summed E-state index contributed by atoms with van der Waals surface area (Å²) in [7, 11) is 4.13. The van der Waals surface area contributed by atoms with Crippen molar-refractivity contribution in [2.24, 2.45) is 5.73 Å². The van der Waals surface area contributed by atoms with Gasteiger partial charge >= 0.3 is 0 Å². The lowest BCUT2D eigenvalue weighted by molar-refractivity contribution is -0.106. The van der Waals surface area contributed by atoms with Gasteiger partial charge in [0, 0.05) is 11.4 Å². The average molecular weight is 346 g/mol. The maximum atomic E-state index is 8.58. The van der Waals surface area contributed by atoms with E-state index in [0.717, 1.165) is 19.5 Å². The number of rotatable bonds is 8. The van der Waals surface area contributed by atoms with Gasteiger partial charge in [0.05, 0.1) is 0 Å². The Morgan fingerprint density at radius 3 is 2.25 bits per heavy atom. The first-order chi connectivity index (χ1) is 11.7. The summed E-state index contributed by atoms with van der Waals surface area (Å²) in [5, 5.41) is 3.50. The number of nitrogens with two attached hydrogens (primary N) is 1. The molecule has 0 atom stereocenters. The van der Waals surface area contributed by atoms with Crippen LogP contribution in [-0.2, 0) is 17.8 Å². The Hall–Kier alpha value is -1.82. The maximum Gasteiger partial charge on any atom is 0.204 e. The molecule has 0 aliphatic carbocycles. The summed E-state index contributed by atoms with van der Waals surface area (Å²) in [5.41, 5.74) is 6.93. The fraction of sp³-hybridized carbons (Fsp3) is 0.316. The van der Waals surface area contributed by atoms with E-state index in [-0.39, 0.29) is 6.41 Å². The third kappa shape index (κ3) is 9.35. The first-order valence-corrected chi connectivity index (χ1v) is 8.77. The van der Waals surface area contributed by atoms with Gasteiger partial charge in [-0.1, -0.05) is 42.5 Å². The van der Waals surface area contributed by atoms with E-state index < -0.39 is 0 Å². The minimum absolute atomic E-state index is 0.250. The summed E-state index contributed by atoms with van der Waals surface area (Å²) in [6.07, 6.45) is 2.56. The molecule has 130 valence electrons. The van der Waals surface area contributed by atoms with Gasteiger partial charge in [0.25, 0.3) is 0 Å². The molecule has 1 amide bonds. The number of hydrogen-bond acceptors (Lipinski definition) is 4. The van der Waals surface area contributed by atoms with E-state index in [4.69, 9.17) is 4.79 Å². The molecule has 0 bridgehead atoms. The lowest BCUT2D eigenvalue weighted by atomic mass is 10.1. The van der Waals surface area contributed by atoms with Crippen molar-refractivity contribution in [1.82, 2.24) is 9.62 Å². The summed E-state index contributed by atoms with van der Waals surface area (Å²) < 4.78 is 2.11. The molecule has 0 unspecified atom stereocenters. The van der Waals surface area contributed by atoms with Crippen molar-refractivity contribution in [3.63, 3.8) is 0 Å². The minimum atomic E-state index is 0.250. The summed E-state index contributed by atoms with van der Waals surface area (Å²) in [5.74, 6) is 0. The van der Waals surface area contributed by atoms with Crippen LogP contribution in [0.2, 0.25) is 0 Å². The first-order valence-electron chi connectivity index (χ1n) is 8.00. The fourth-order valence-corrected chi connectivity index (χ4v) is 2.85. The van der Waals surface area contributed by atoms with Crippen LogP contribution in [0.4, 0.5) is 0 Å². The van der Waals surface area contributed by atoms with Crippen LogP contribution in [0.1, 0.15) is 17.5 Å². The predicted octanol–water partition coefficient (Wildman–Crippen LogP) is 3.08. The number of aryl methyl sites for hydroxylation is 1. The zero-order chi connectivity index (χ0) is 17.6. The van der Waals surface area contributed by atoms with Gasteiger partial charge in [0.1, 0.15) is 0 Å². The standard InChI is InChI=1S/C18H24N2S.CH3NO/c1-20(2)21-18-12-10-16(11-13-18)9-6-14-19-15-17-7-4-3-5-8-17;2-1-3/h3-5,7-8,10-13,19H,6,9,14-15H2,1-2H3;1H,(H2,2,3). The number of nitrogens with zero attached hydrogens (tertiary/aromatic N) is 1. The second-order valence-electron chi connectivity index (χ2n) is 5.45. The quantitative estimate of drug-likeness (QED) is 0.438. The van der Waals surface area contributed by atoms with Crippen LogP contribution < -0.4 is 11.1 Å². The van der Waals surface area contributed by atoms with Gasteiger partial charge in [-0.3, -0.25) is 9.10 Å². The SMILES string of the molecule is CN(C)Sc1ccc(CCCNCc2ccccc2)cc1.NC=O. The van der Waals surface area contributed by atoms with E-state index in [2.05, 4.69) is 84.0 Å². The summed E-state index contributed by atoms with van der Waals surface area (Å²) in [6.45, 7) is 2.02. The summed E-state index contributed by atoms with van der Waals surface area (Å²) >= 11 is 1.76. The van der Waals surface area contributed by atoms with E-state index in [1.54, 1.807) is 11.9 Å². The number of nitrogens with one attached hydrogen (secondary N) is 1. The highest BCUT2D eigenvalue weighted by Crippen LogP contribution is 2.20. The Kier molecular flexibility index (Phi) is 10.6. The molecule has 0 saturated heterocycles. The van der Waals surface area contributed by atoms with E-state index in [0.29, 0.717) is 0 Å². The molecule has 0 radical (unpaired) electrons. The number of amides is 1. The van der Waals surface area contributed by atoms with Crippen molar-refractivity contribution in [3.05, 3.63) is 65.7 Å². The first kappa shape index (κ1) is 20.2. The Morgan fingerprint density at radius 2 is 1.67 bits per heavy atom. The van der Waals surface area contributed by atoms with E-state index in [1.807, 2.05) is 0 Å². The zero-order valence-corrected chi connectivity index (χ0v) is 15.3. The second-order valence-corrected chi connectivity index (χ2v) is 6.83. The molecule has 0 heterocycles. The summed E-state index contributed by atoms with van der Waals surface area (Å²) in [4.78, 5) is 9.88. The van der Waals surface area contributed by atoms with Gasteiger partial charge in [-0.15, -0.1) is 0 Å².